The summed E-state index contributed by atoms with van der Waals surface area (Å²) in [5.74, 6) is -0.842. The lowest BCUT2D eigenvalue weighted by Crippen LogP contribution is -2.58. The molecule has 0 amide bonds. The van der Waals surface area contributed by atoms with Crippen LogP contribution in [0.3, 0.4) is 0 Å². The van der Waals surface area contributed by atoms with Gasteiger partial charge in [0.2, 0.25) is 0 Å². The zero-order valence-electron chi connectivity index (χ0n) is 9.85. The quantitative estimate of drug-likeness (QED) is 0.868. The molecular formula is C14H17NO2. The molecular weight excluding hydrogens is 214 g/mol. The van der Waals surface area contributed by atoms with Crippen LogP contribution < -0.4 is 0 Å². The Morgan fingerprint density at radius 2 is 2.12 bits per heavy atom. The number of hydrogen-bond donors (Lipinski definition) is 1. The van der Waals surface area contributed by atoms with Crippen LogP contribution in [0.4, 0.5) is 0 Å². The van der Waals surface area contributed by atoms with Crippen LogP contribution in [0.25, 0.3) is 0 Å². The minimum atomic E-state index is -0.842. The summed E-state index contributed by atoms with van der Waals surface area (Å²) in [5, 5.41) is 8.93. The Labute approximate surface area is 101 Å². The Kier molecular flexibility index (Phi) is 2.44. The standard InChI is InChI=1S/C14H17NO2/c16-13(17)12-4-1-3-11(7-12)8-15-9-14(10-15)5-2-6-14/h1,3-4,7H,2,5-6,8-10H2,(H,16,17). The molecule has 1 saturated carbocycles. The molecule has 1 aliphatic carbocycles. The Balaban J connectivity index is 1.62. The smallest absolute Gasteiger partial charge is 0.335 e. The number of carboxylic acids is 1. The Hall–Kier alpha value is -1.35. The monoisotopic (exact) mass is 231 g/mol. The van der Waals surface area contributed by atoms with E-state index in [1.807, 2.05) is 12.1 Å². The number of carbonyl (C=O) groups is 1. The third-order valence-electron chi connectivity index (χ3n) is 4.11. The van der Waals surface area contributed by atoms with Crippen LogP contribution in [0.2, 0.25) is 0 Å². The van der Waals surface area contributed by atoms with Gasteiger partial charge < -0.3 is 5.11 Å². The first-order valence-corrected chi connectivity index (χ1v) is 6.22. The first-order chi connectivity index (χ1) is 8.17. The first-order valence-electron chi connectivity index (χ1n) is 6.22. The van der Waals surface area contributed by atoms with Gasteiger partial charge in [0.1, 0.15) is 0 Å². The highest BCUT2D eigenvalue weighted by Crippen LogP contribution is 2.48. The van der Waals surface area contributed by atoms with Gasteiger partial charge in [-0.2, -0.15) is 0 Å². The SMILES string of the molecule is O=C(O)c1cccc(CN2CC3(CCC3)C2)c1. The molecule has 1 saturated heterocycles. The third kappa shape index (κ3) is 1.95. The average molecular weight is 231 g/mol. The van der Waals surface area contributed by atoms with E-state index >= 15 is 0 Å². The van der Waals surface area contributed by atoms with E-state index in [0.717, 1.165) is 12.1 Å². The van der Waals surface area contributed by atoms with Crippen molar-refractivity contribution in [1.82, 2.24) is 4.90 Å². The van der Waals surface area contributed by atoms with E-state index in [2.05, 4.69) is 4.90 Å². The number of likely N-dealkylation sites (tertiary alicyclic amines) is 1. The lowest BCUT2D eigenvalue weighted by molar-refractivity contribution is -0.0645. The summed E-state index contributed by atoms with van der Waals surface area (Å²) in [6.07, 6.45) is 4.17. The molecule has 3 heteroatoms. The molecule has 3 nitrogen and oxygen atoms in total. The van der Waals surface area contributed by atoms with Crippen LogP contribution in [0.1, 0.15) is 35.2 Å². The maximum absolute atomic E-state index is 10.9. The number of nitrogens with zero attached hydrogens (tertiary/aromatic N) is 1. The van der Waals surface area contributed by atoms with Crippen LogP contribution in [-0.2, 0) is 6.54 Å². The molecule has 1 heterocycles. The van der Waals surface area contributed by atoms with Crippen LogP contribution >= 0.6 is 0 Å². The van der Waals surface area contributed by atoms with Crippen molar-refractivity contribution >= 4 is 5.97 Å². The molecule has 2 aliphatic rings. The fourth-order valence-electron chi connectivity index (χ4n) is 3.07. The van der Waals surface area contributed by atoms with Crippen molar-refractivity contribution < 1.29 is 9.90 Å². The minimum Gasteiger partial charge on any atom is -0.478 e. The molecule has 17 heavy (non-hydrogen) atoms. The summed E-state index contributed by atoms with van der Waals surface area (Å²) >= 11 is 0. The van der Waals surface area contributed by atoms with Crippen molar-refractivity contribution in [3.63, 3.8) is 0 Å². The Bertz CT molecular complexity index is 443. The van der Waals surface area contributed by atoms with Gasteiger partial charge in [0.25, 0.3) is 0 Å². The second-order valence-corrected chi connectivity index (χ2v) is 5.50. The van der Waals surface area contributed by atoms with E-state index in [1.54, 1.807) is 12.1 Å². The molecule has 2 fully saturated rings. The van der Waals surface area contributed by atoms with E-state index in [4.69, 9.17) is 5.11 Å². The highest BCUT2D eigenvalue weighted by atomic mass is 16.4. The fraction of sp³-hybridized carbons (Fsp3) is 0.500. The van der Waals surface area contributed by atoms with Gasteiger partial charge in [0, 0.05) is 19.6 Å². The van der Waals surface area contributed by atoms with Gasteiger partial charge in [0.05, 0.1) is 5.56 Å². The van der Waals surface area contributed by atoms with E-state index < -0.39 is 5.97 Å². The van der Waals surface area contributed by atoms with Gasteiger partial charge in [-0.3, -0.25) is 4.90 Å². The molecule has 1 aliphatic heterocycles. The molecule has 0 bridgehead atoms. The van der Waals surface area contributed by atoms with Crippen LogP contribution in [0, 0.1) is 5.41 Å². The van der Waals surface area contributed by atoms with Gasteiger partial charge in [-0.15, -0.1) is 0 Å². The molecule has 1 N–H and O–H groups in total. The number of hydrogen-bond acceptors (Lipinski definition) is 2. The normalized spacial score (nSPS) is 21.9. The second kappa shape index (κ2) is 3.84. The van der Waals surface area contributed by atoms with E-state index in [1.165, 1.54) is 32.4 Å². The third-order valence-corrected chi connectivity index (χ3v) is 4.11. The molecule has 3 rings (SSSR count). The largest absolute Gasteiger partial charge is 0.478 e. The Morgan fingerprint density at radius 3 is 2.71 bits per heavy atom. The highest BCUT2D eigenvalue weighted by Gasteiger charge is 2.46. The molecule has 1 aromatic rings. The first kappa shape index (κ1) is 10.8. The topological polar surface area (TPSA) is 40.5 Å². The summed E-state index contributed by atoms with van der Waals surface area (Å²) in [4.78, 5) is 13.3. The zero-order valence-corrected chi connectivity index (χ0v) is 9.85. The van der Waals surface area contributed by atoms with Gasteiger partial charge >= 0.3 is 5.97 Å². The molecule has 90 valence electrons. The molecule has 0 aromatic heterocycles. The summed E-state index contributed by atoms with van der Waals surface area (Å²) < 4.78 is 0. The maximum atomic E-state index is 10.9. The summed E-state index contributed by atoms with van der Waals surface area (Å²) in [5.41, 5.74) is 2.14. The number of benzene rings is 1. The van der Waals surface area contributed by atoms with Crippen LogP contribution in [-0.4, -0.2) is 29.1 Å². The van der Waals surface area contributed by atoms with Gasteiger partial charge in [-0.25, -0.2) is 4.79 Å². The van der Waals surface area contributed by atoms with Gasteiger partial charge in [-0.05, 0) is 36.0 Å². The maximum Gasteiger partial charge on any atom is 0.335 e. The Morgan fingerprint density at radius 1 is 1.35 bits per heavy atom. The molecule has 0 unspecified atom stereocenters. The number of aromatic carboxylic acids is 1. The van der Waals surface area contributed by atoms with Crippen molar-refractivity contribution in [3.8, 4) is 0 Å². The predicted molar refractivity (Wildman–Crippen MR) is 65.0 cm³/mol. The molecule has 1 spiro atoms. The number of carboxylic acid groups (broad SMARTS) is 1. The van der Waals surface area contributed by atoms with Crippen molar-refractivity contribution in [1.29, 1.82) is 0 Å². The fourth-order valence-corrected chi connectivity index (χ4v) is 3.07. The lowest BCUT2D eigenvalue weighted by Gasteiger charge is -2.56. The van der Waals surface area contributed by atoms with Crippen molar-refractivity contribution in [2.24, 2.45) is 5.41 Å². The van der Waals surface area contributed by atoms with Gasteiger partial charge in [-0.1, -0.05) is 18.6 Å². The van der Waals surface area contributed by atoms with Crippen molar-refractivity contribution in [2.75, 3.05) is 13.1 Å². The molecule has 1 aromatic carbocycles. The van der Waals surface area contributed by atoms with E-state index in [0.29, 0.717) is 11.0 Å². The summed E-state index contributed by atoms with van der Waals surface area (Å²) in [7, 11) is 0. The van der Waals surface area contributed by atoms with E-state index in [9.17, 15) is 4.79 Å². The van der Waals surface area contributed by atoms with Crippen LogP contribution in [0.15, 0.2) is 24.3 Å². The molecule has 0 atom stereocenters. The second-order valence-electron chi connectivity index (χ2n) is 5.50. The molecule has 0 radical (unpaired) electrons. The van der Waals surface area contributed by atoms with Crippen molar-refractivity contribution in [2.45, 2.75) is 25.8 Å². The van der Waals surface area contributed by atoms with E-state index in [-0.39, 0.29) is 0 Å². The predicted octanol–water partition coefficient (Wildman–Crippen LogP) is 2.37. The minimum absolute atomic E-state index is 0.390. The summed E-state index contributed by atoms with van der Waals surface area (Å²) in [6.45, 7) is 3.29. The number of rotatable bonds is 3. The highest BCUT2D eigenvalue weighted by molar-refractivity contribution is 5.87. The lowest BCUT2D eigenvalue weighted by atomic mass is 9.63. The zero-order chi connectivity index (χ0) is 11.9. The summed E-state index contributed by atoms with van der Waals surface area (Å²) in [6, 6.07) is 7.28. The van der Waals surface area contributed by atoms with Gasteiger partial charge in [0.15, 0.2) is 0 Å². The van der Waals surface area contributed by atoms with Crippen molar-refractivity contribution in [3.05, 3.63) is 35.4 Å². The average Bonchev–Trinajstić information content (AvgIpc) is 2.20. The van der Waals surface area contributed by atoms with Crippen LogP contribution in [0.5, 0.6) is 0 Å².